The summed E-state index contributed by atoms with van der Waals surface area (Å²) >= 11 is 0. The molecule has 2 heterocycles. The molecule has 2 aromatic carbocycles. The van der Waals surface area contributed by atoms with Crippen molar-refractivity contribution in [1.29, 1.82) is 0 Å². The summed E-state index contributed by atoms with van der Waals surface area (Å²) in [7, 11) is 1.64. The van der Waals surface area contributed by atoms with Crippen molar-refractivity contribution in [3.8, 4) is 22.8 Å². The number of carboxylic acids is 1. The lowest BCUT2D eigenvalue weighted by Gasteiger charge is -2.34. The van der Waals surface area contributed by atoms with Crippen molar-refractivity contribution in [2.24, 2.45) is 5.92 Å². The van der Waals surface area contributed by atoms with Crippen LogP contribution in [-0.2, 0) is 17.6 Å². The van der Waals surface area contributed by atoms with Gasteiger partial charge in [0.25, 0.3) is 0 Å². The summed E-state index contributed by atoms with van der Waals surface area (Å²) in [5.74, 6) is 0.253. The number of aliphatic carboxylic acids is 1. The van der Waals surface area contributed by atoms with Crippen LogP contribution in [0.4, 0.5) is 0 Å². The van der Waals surface area contributed by atoms with Crippen molar-refractivity contribution in [2.75, 3.05) is 13.7 Å². The molecule has 6 heteroatoms. The standard InChI is InChI=1S/C32H40N2O4/c1-7-34(20(2)3)22(5)28-18-26(10-12-27(28)25-14-15-33-31(19-25)37-6)29-13-11-24-9-8-23(17-30(24)38-29)16-21(4)32(35)36/h8-10,12,14-15,17-22,29H,7,11,13,16H2,1-6H3,(H,35,36)/t21?,22?,29-/m0/s1. The van der Waals surface area contributed by atoms with Crippen LogP contribution >= 0.6 is 0 Å². The maximum Gasteiger partial charge on any atom is 0.306 e. The molecular formula is C32H40N2O4. The Morgan fingerprint density at radius 3 is 2.61 bits per heavy atom. The van der Waals surface area contributed by atoms with E-state index in [9.17, 15) is 9.90 Å². The summed E-state index contributed by atoms with van der Waals surface area (Å²) in [5.41, 5.74) is 6.83. The fraction of sp³-hybridized carbons (Fsp3) is 0.438. The third kappa shape index (κ3) is 6.02. The van der Waals surface area contributed by atoms with E-state index in [2.05, 4.69) is 61.8 Å². The second kappa shape index (κ2) is 12.0. The molecule has 1 aliphatic heterocycles. The number of hydrogen-bond acceptors (Lipinski definition) is 5. The van der Waals surface area contributed by atoms with Gasteiger partial charge in [0.05, 0.1) is 13.0 Å². The predicted molar refractivity (Wildman–Crippen MR) is 151 cm³/mol. The summed E-state index contributed by atoms with van der Waals surface area (Å²) < 4.78 is 12.0. The van der Waals surface area contributed by atoms with Crippen molar-refractivity contribution >= 4 is 5.97 Å². The molecule has 0 radical (unpaired) electrons. The van der Waals surface area contributed by atoms with Gasteiger partial charge in [-0.3, -0.25) is 9.69 Å². The van der Waals surface area contributed by atoms with E-state index < -0.39 is 11.9 Å². The number of benzene rings is 2. The van der Waals surface area contributed by atoms with E-state index in [1.165, 1.54) is 16.7 Å². The van der Waals surface area contributed by atoms with Gasteiger partial charge >= 0.3 is 5.97 Å². The zero-order chi connectivity index (χ0) is 27.4. The van der Waals surface area contributed by atoms with Crippen LogP contribution in [0.5, 0.6) is 11.6 Å². The van der Waals surface area contributed by atoms with Crippen LogP contribution in [-0.4, -0.2) is 40.7 Å². The first-order valence-electron chi connectivity index (χ1n) is 13.6. The van der Waals surface area contributed by atoms with E-state index in [0.717, 1.165) is 41.8 Å². The van der Waals surface area contributed by atoms with Crippen molar-refractivity contribution in [1.82, 2.24) is 9.88 Å². The minimum absolute atomic E-state index is 0.0595. The van der Waals surface area contributed by atoms with E-state index >= 15 is 0 Å². The van der Waals surface area contributed by atoms with E-state index in [1.54, 1.807) is 20.2 Å². The molecule has 0 fully saturated rings. The van der Waals surface area contributed by atoms with Gasteiger partial charge in [-0.25, -0.2) is 4.98 Å². The quantitative estimate of drug-likeness (QED) is 0.317. The number of rotatable bonds is 10. The van der Waals surface area contributed by atoms with Crippen LogP contribution in [0.2, 0.25) is 0 Å². The lowest BCUT2D eigenvalue weighted by molar-refractivity contribution is -0.141. The van der Waals surface area contributed by atoms with Gasteiger partial charge in [-0.1, -0.05) is 38.1 Å². The zero-order valence-electron chi connectivity index (χ0n) is 23.4. The fourth-order valence-electron chi connectivity index (χ4n) is 5.56. The Labute approximate surface area is 226 Å². The molecule has 0 saturated heterocycles. The van der Waals surface area contributed by atoms with Gasteiger partial charge in [0.15, 0.2) is 0 Å². The lowest BCUT2D eigenvalue weighted by Crippen LogP contribution is -2.33. The molecule has 0 saturated carbocycles. The van der Waals surface area contributed by atoms with Crippen LogP contribution < -0.4 is 9.47 Å². The van der Waals surface area contributed by atoms with Gasteiger partial charge in [-0.2, -0.15) is 0 Å². The van der Waals surface area contributed by atoms with Crippen LogP contribution in [0.3, 0.4) is 0 Å². The van der Waals surface area contributed by atoms with Crippen molar-refractivity contribution in [2.45, 2.75) is 72.1 Å². The average molecular weight is 517 g/mol. The Balaban J connectivity index is 1.69. The Morgan fingerprint density at radius 1 is 1.13 bits per heavy atom. The number of carboxylic acid groups (broad SMARTS) is 1. The molecule has 2 unspecified atom stereocenters. The first-order chi connectivity index (χ1) is 18.2. The monoisotopic (exact) mass is 516 g/mol. The summed E-state index contributed by atoms with van der Waals surface area (Å²) in [6.45, 7) is 11.7. The average Bonchev–Trinajstić information content (AvgIpc) is 2.92. The Kier molecular flexibility index (Phi) is 8.72. The predicted octanol–water partition coefficient (Wildman–Crippen LogP) is 6.88. The number of carbonyl (C=O) groups is 1. The lowest BCUT2D eigenvalue weighted by atomic mass is 9.89. The number of hydrogen-bond donors (Lipinski definition) is 1. The topological polar surface area (TPSA) is 71.9 Å². The van der Waals surface area contributed by atoms with Gasteiger partial charge in [0, 0.05) is 24.3 Å². The maximum absolute atomic E-state index is 11.3. The minimum atomic E-state index is -0.780. The Hall–Kier alpha value is -3.38. The molecule has 0 amide bonds. The van der Waals surface area contributed by atoms with Crippen LogP contribution in [0.1, 0.15) is 75.4 Å². The number of nitrogens with zero attached hydrogens (tertiary/aromatic N) is 2. The number of fused-ring (bicyclic) bond motifs is 1. The van der Waals surface area contributed by atoms with Crippen LogP contribution in [0.25, 0.3) is 11.1 Å². The summed E-state index contributed by atoms with van der Waals surface area (Å²) in [4.78, 5) is 18.1. The Morgan fingerprint density at radius 2 is 1.92 bits per heavy atom. The molecular weight excluding hydrogens is 476 g/mol. The maximum atomic E-state index is 11.3. The van der Waals surface area contributed by atoms with E-state index in [-0.39, 0.29) is 12.1 Å². The third-order valence-corrected chi connectivity index (χ3v) is 7.72. The number of pyridine rings is 1. The molecule has 4 rings (SSSR count). The molecule has 1 aromatic heterocycles. The number of aromatic nitrogens is 1. The van der Waals surface area contributed by atoms with Gasteiger partial charge < -0.3 is 14.6 Å². The van der Waals surface area contributed by atoms with Gasteiger partial charge in [-0.05, 0) is 98.2 Å². The molecule has 0 bridgehead atoms. The molecule has 3 atom stereocenters. The Bertz CT molecular complexity index is 1270. The molecule has 6 nitrogen and oxygen atoms in total. The highest BCUT2D eigenvalue weighted by Crippen LogP contribution is 2.40. The number of aryl methyl sites for hydroxylation is 1. The van der Waals surface area contributed by atoms with Crippen LogP contribution in [0.15, 0.2) is 54.7 Å². The van der Waals surface area contributed by atoms with Gasteiger partial charge in [0.2, 0.25) is 5.88 Å². The highest BCUT2D eigenvalue weighted by atomic mass is 16.5. The van der Waals surface area contributed by atoms with Gasteiger partial charge in [-0.15, -0.1) is 0 Å². The summed E-state index contributed by atoms with van der Waals surface area (Å²) in [6.07, 6.45) is 4.05. The first kappa shape index (κ1) is 27.6. The van der Waals surface area contributed by atoms with Crippen molar-refractivity contribution in [3.05, 3.63) is 77.0 Å². The number of methoxy groups -OCH3 is 1. The van der Waals surface area contributed by atoms with E-state index in [1.807, 2.05) is 24.3 Å². The van der Waals surface area contributed by atoms with Crippen molar-refractivity contribution < 1.29 is 19.4 Å². The molecule has 38 heavy (non-hydrogen) atoms. The molecule has 1 N–H and O–H groups in total. The summed E-state index contributed by atoms with van der Waals surface area (Å²) in [6, 6.07) is 17.5. The zero-order valence-corrected chi connectivity index (χ0v) is 23.4. The second-order valence-electron chi connectivity index (χ2n) is 10.6. The normalized spacial score (nSPS) is 16.6. The second-order valence-corrected chi connectivity index (χ2v) is 10.6. The van der Waals surface area contributed by atoms with Gasteiger partial charge in [0.1, 0.15) is 11.9 Å². The van der Waals surface area contributed by atoms with E-state index in [4.69, 9.17) is 9.47 Å². The van der Waals surface area contributed by atoms with E-state index in [0.29, 0.717) is 18.3 Å². The highest BCUT2D eigenvalue weighted by Gasteiger charge is 2.26. The molecule has 3 aromatic rings. The number of ether oxygens (including phenoxy) is 2. The largest absolute Gasteiger partial charge is 0.485 e. The molecule has 0 aliphatic carbocycles. The fourth-order valence-corrected chi connectivity index (χ4v) is 5.56. The summed E-state index contributed by atoms with van der Waals surface area (Å²) in [5, 5.41) is 9.32. The molecule has 202 valence electrons. The molecule has 1 aliphatic rings. The highest BCUT2D eigenvalue weighted by molar-refractivity contribution is 5.70. The first-order valence-corrected chi connectivity index (χ1v) is 13.6. The minimum Gasteiger partial charge on any atom is -0.485 e. The SMILES string of the molecule is CCN(C(C)C)C(C)c1cc([C@@H]2CCc3ccc(CC(C)C(=O)O)cc3O2)ccc1-c1ccnc(OC)c1. The van der Waals surface area contributed by atoms with Crippen molar-refractivity contribution in [3.63, 3.8) is 0 Å². The third-order valence-electron chi connectivity index (χ3n) is 7.72. The van der Waals surface area contributed by atoms with Crippen LogP contribution in [0, 0.1) is 5.92 Å². The molecule has 0 spiro atoms. The smallest absolute Gasteiger partial charge is 0.306 e.